The van der Waals surface area contributed by atoms with Crippen molar-refractivity contribution in [2.24, 2.45) is 0 Å². The first-order valence-electron chi connectivity index (χ1n) is 10.0. The van der Waals surface area contributed by atoms with Gasteiger partial charge in [-0.05, 0) is 29.7 Å². The molecular formula is C23H26N4O4. The zero-order chi connectivity index (χ0) is 22.4. The van der Waals surface area contributed by atoms with Crippen molar-refractivity contribution in [3.05, 3.63) is 92.1 Å². The van der Waals surface area contributed by atoms with E-state index in [0.717, 1.165) is 16.9 Å². The Hall–Kier alpha value is -3.65. The van der Waals surface area contributed by atoms with Crippen LogP contribution in [0.4, 0.5) is 5.82 Å². The molecule has 0 saturated heterocycles. The molecule has 0 aliphatic rings. The van der Waals surface area contributed by atoms with Gasteiger partial charge in [0, 0.05) is 6.54 Å². The van der Waals surface area contributed by atoms with Crippen LogP contribution in [0.15, 0.2) is 64.2 Å². The standard InChI is InChI=1S/C23H26N4O4/c1-3-13-27-21(24)19(22(29)26-23(27)30)18(28)14-25-20(15-7-5-4-6-8-15)16-9-11-17(31-2)12-10-16/h4-12,20,25H,3,13-14,24H2,1-2H3,(H,26,29,30)/t20-/m0/s1. The van der Waals surface area contributed by atoms with E-state index in [9.17, 15) is 14.4 Å². The molecular weight excluding hydrogens is 396 g/mol. The number of anilines is 1. The number of Topliss-reactive ketones (excluding diaryl/α,β-unsaturated/α-hetero) is 1. The summed E-state index contributed by atoms with van der Waals surface area (Å²) in [6.45, 7) is 2.05. The number of benzene rings is 2. The fourth-order valence-electron chi connectivity index (χ4n) is 3.46. The van der Waals surface area contributed by atoms with Crippen molar-refractivity contribution < 1.29 is 9.53 Å². The molecule has 0 saturated carbocycles. The molecule has 0 bridgehead atoms. The van der Waals surface area contributed by atoms with Crippen LogP contribution < -0.4 is 27.0 Å². The van der Waals surface area contributed by atoms with Crippen molar-refractivity contribution in [1.29, 1.82) is 0 Å². The molecule has 1 heterocycles. The van der Waals surface area contributed by atoms with E-state index < -0.39 is 17.0 Å². The Morgan fingerprint density at radius 1 is 1.10 bits per heavy atom. The molecule has 3 aromatic rings. The second-order valence-electron chi connectivity index (χ2n) is 7.09. The minimum Gasteiger partial charge on any atom is -0.497 e. The Bertz CT molecular complexity index is 1150. The van der Waals surface area contributed by atoms with Gasteiger partial charge in [-0.15, -0.1) is 0 Å². The predicted octanol–water partition coefficient (Wildman–Crippen LogP) is 2.10. The fourth-order valence-corrected chi connectivity index (χ4v) is 3.46. The van der Waals surface area contributed by atoms with Gasteiger partial charge >= 0.3 is 5.69 Å². The number of nitrogen functional groups attached to an aromatic ring is 1. The molecule has 0 fully saturated rings. The van der Waals surface area contributed by atoms with Crippen molar-refractivity contribution in [1.82, 2.24) is 14.9 Å². The van der Waals surface area contributed by atoms with Gasteiger partial charge in [-0.3, -0.25) is 24.5 Å². The summed E-state index contributed by atoms with van der Waals surface area (Å²) in [7, 11) is 1.60. The number of ether oxygens (including phenoxy) is 1. The van der Waals surface area contributed by atoms with Gasteiger partial charge in [-0.2, -0.15) is 0 Å². The van der Waals surface area contributed by atoms with Gasteiger partial charge in [-0.25, -0.2) is 4.79 Å². The lowest BCUT2D eigenvalue weighted by Gasteiger charge is -2.20. The van der Waals surface area contributed by atoms with Gasteiger partial charge in [0.15, 0.2) is 5.78 Å². The molecule has 2 aromatic carbocycles. The quantitative estimate of drug-likeness (QED) is 0.455. The lowest BCUT2D eigenvalue weighted by molar-refractivity contribution is 0.0987. The summed E-state index contributed by atoms with van der Waals surface area (Å²) in [4.78, 5) is 39.4. The van der Waals surface area contributed by atoms with E-state index in [1.54, 1.807) is 7.11 Å². The van der Waals surface area contributed by atoms with Crippen LogP contribution in [0.2, 0.25) is 0 Å². The molecule has 0 radical (unpaired) electrons. The molecule has 0 aliphatic heterocycles. The van der Waals surface area contributed by atoms with Crippen molar-refractivity contribution in [3.63, 3.8) is 0 Å². The van der Waals surface area contributed by atoms with Crippen LogP contribution in [0.3, 0.4) is 0 Å². The maximum atomic E-state index is 12.9. The fraction of sp³-hybridized carbons (Fsp3) is 0.261. The number of aromatic nitrogens is 2. The lowest BCUT2D eigenvalue weighted by atomic mass is 9.98. The second-order valence-corrected chi connectivity index (χ2v) is 7.09. The predicted molar refractivity (Wildman–Crippen MR) is 120 cm³/mol. The Morgan fingerprint density at radius 2 is 1.74 bits per heavy atom. The third-order valence-corrected chi connectivity index (χ3v) is 5.01. The van der Waals surface area contributed by atoms with Crippen molar-refractivity contribution in [2.75, 3.05) is 19.4 Å². The smallest absolute Gasteiger partial charge is 0.329 e. The molecule has 0 unspecified atom stereocenters. The van der Waals surface area contributed by atoms with Crippen molar-refractivity contribution in [3.8, 4) is 5.75 Å². The maximum absolute atomic E-state index is 12.9. The number of hydrogen-bond donors (Lipinski definition) is 3. The minimum atomic E-state index is -0.776. The van der Waals surface area contributed by atoms with Crippen LogP contribution in [0.5, 0.6) is 5.75 Å². The first-order valence-corrected chi connectivity index (χ1v) is 10.0. The Labute approximate surface area is 179 Å². The third-order valence-electron chi connectivity index (χ3n) is 5.01. The molecule has 0 aliphatic carbocycles. The Kier molecular flexibility index (Phi) is 7.04. The SMILES string of the molecule is CCCn1c(N)c(C(=O)CN[C@@H](c2ccccc2)c2ccc(OC)cc2)c(=O)[nH]c1=O. The molecule has 8 nitrogen and oxygen atoms in total. The van der Waals surface area contributed by atoms with Gasteiger partial charge < -0.3 is 10.5 Å². The molecule has 1 aromatic heterocycles. The first-order chi connectivity index (χ1) is 15.0. The second kappa shape index (κ2) is 9.90. The average Bonchev–Trinajstić information content (AvgIpc) is 2.78. The average molecular weight is 422 g/mol. The van der Waals surface area contributed by atoms with Crippen molar-refractivity contribution in [2.45, 2.75) is 25.9 Å². The topological polar surface area (TPSA) is 119 Å². The summed E-state index contributed by atoms with van der Waals surface area (Å²) in [6.07, 6.45) is 0.635. The number of nitrogens with zero attached hydrogens (tertiary/aromatic N) is 1. The molecule has 8 heteroatoms. The molecule has 31 heavy (non-hydrogen) atoms. The van der Waals surface area contributed by atoms with E-state index in [0.29, 0.717) is 13.0 Å². The van der Waals surface area contributed by atoms with Gasteiger partial charge in [0.05, 0.1) is 19.7 Å². The zero-order valence-electron chi connectivity index (χ0n) is 17.6. The lowest BCUT2D eigenvalue weighted by Crippen LogP contribution is -2.38. The first kappa shape index (κ1) is 22.0. The zero-order valence-corrected chi connectivity index (χ0v) is 17.6. The van der Waals surface area contributed by atoms with Crippen LogP contribution in [0, 0.1) is 0 Å². The number of ketones is 1. The number of rotatable bonds is 9. The van der Waals surface area contributed by atoms with Gasteiger partial charge in [0.1, 0.15) is 17.1 Å². The summed E-state index contributed by atoms with van der Waals surface area (Å²) in [5, 5.41) is 3.22. The van der Waals surface area contributed by atoms with E-state index in [1.807, 2.05) is 61.5 Å². The van der Waals surface area contributed by atoms with Gasteiger partial charge in [-0.1, -0.05) is 49.4 Å². The minimum absolute atomic E-state index is 0.108. The molecule has 4 N–H and O–H groups in total. The van der Waals surface area contributed by atoms with Gasteiger partial charge in [0.2, 0.25) is 0 Å². The monoisotopic (exact) mass is 422 g/mol. The largest absolute Gasteiger partial charge is 0.497 e. The molecule has 0 spiro atoms. The number of methoxy groups -OCH3 is 1. The Morgan fingerprint density at radius 3 is 2.35 bits per heavy atom. The highest BCUT2D eigenvalue weighted by atomic mass is 16.5. The highest BCUT2D eigenvalue weighted by Crippen LogP contribution is 2.24. The third kappa shape index (κ3) is 4.92. The summed E-state index contributed by atoms with van der Waals surface area (Å²) in [5.41, 5.74) is 6.30. The normalized spacial score (nSPS) is 11.8. The summed E-state index contributed by atoms with van der Waals surface area (Å²) in [5.74, 6) is 0.130. The number of nitrogens with one attached hydrogen (secondary N) is 2. The van der Waals surface area contributed by atoms with Crippen molar-refractivity contribution >= 4 is 11.6 Å². The molecule has 1 atom stereocenters. The van der Waals surface area contributed by atoms with E-state index in [4.69, 9.17) is 10.5 Å². The number of carbonyl (C=O) groups is 1. The highest BCUT2D eigenvalue weighted by molar-refractivity contribution is 6.01. The summed E-state index contributed by atoms with van der Waals surface area (Å²) >= 11 is 0. The number of hydrogen-bond acceptors (Lipinski definition) is 6. The highest BCUT2D eigenvalue weighted by Gasteiger charge is 2.21. The van der Waals surface area contributed by atoms with Crippen LogP contribution in [0.1, 0.15) is 40.9 Å². The molecule has 3 rings (SSSR count). The van der Waals surface area contributed by atoms with E-state index in [-0.39, 0.29) is 24.0 Å². The number of carbonyl (C=O) groups excluding carboxylic acids is 1. The van der Waals surface area contributed by atoms with Crippen LogP contribution in [-0.4, -0.2) is 29.0 Å². The van der Waals surface area contributed by atoms with E-state index in [2.05, 4.69) is 10.3 Å². The van der Waals surface area contributed by atoms with Crippen LogP contribution in [0.25, 0.3) is 0 Å². The van der Waals surface area contributed by atoms with Crippen LogP contribution in [-0.2, 0) is 6.54 Å². The molecule has 162 valence electrons. The summed E-state index contributed by atoms with van der Waals surface area (Å²) < 4.78 is 6.44. The van der Waals surface area contributed by atoms with E-state index >= 15 is 0 Å². The Balaban J connectivity index is 1.90. The molecule has 0 amide bonds. The number of nitrogens with two attached hydrogens (primary N) is 1. The summed E-state index contributed by atoms with van der Waals surface area (Å²) in [6, 6.07) is 16.9. The van der Waals surface area contributed by atoms with E-state index in [1.165, 1.54) is 4.57 Å². The van der Waals surface area contributed by atoms with Gasteiger partial charge in [0.25, 0.3) is 5.56 Å². The maximum Gasteiger partial charge on any atom is 0.329 e. The number of aromatic amines is 1. The number of H-pyrrole nitrogens is 1. The van der Waals surface area contributed by atoms with Crippen LogP contribution >= 0.6 is 0 Å².